The molecule has 0 amide bonds. The van der Waals surface area contributed by atoms with Gasteiger partial charge in [0.25, 0.3) is 10.1 Å². The van der Waals surface area contributed by atoms with Crippen LogP contribution in [0.15, 0.2) is 40.8 Å². The third-order valence-corrected chi connectivity index (χ3v) is 6.00. The Bertz CT molecular complexity index is 1220. The lowest BCUT2D eigenvalue weighted by atomic mass is 10.1. The van der Waals surface area contributed by atoms with Gasteiger partial charge in [0.05, 0.1) is 23.8 Å². The second-order valence-electron chi connectivity index (χ2n) is 7.50. The Morgan fingerprint density at radius 3 is 2.11 bits per heavy atom. The monoisotopic (exact) mass is 527 g/mol. The van der Waals surface area contributed by atoms with Gasteiger partial charge < -0.3 is 19.9 Å². The van der Waals surface area contributed by atoms with E-state index in [0.29, 0.717) is 0 Å². The van der Waals surface area contributed by atoms with Crippen LogP contribution in [0.4, 0.5) is 14.5 Å². The molecule has 0 aliphatic carbocycles. The quantitative estimate of drug-likeness (QED) is 0.116. The normalized spacial score (nSPS) is 11.9. The largest absolute Gasteiger partial charge is 0.487 e. The number of ether oxygens (including phenoxy) is 3. The van der Waals surface area contributed by atoms with Crippen molar-refractivity contribution in [3.05, 3.63) is 58.7 Å². The molecule has 0 aromatic heterocycles. The minimum atomic E-state index is -4.17. The highest BCUT2D eigenvalue weighted by Gasteiger charge is 2.26. The van der Waals surface area contributed by atoms with Gasteiger partial charge in [0, 0.05) is 5.56 Å². The molecule has 1 atom stereocenters. The SMILES string of the molecule is CCOC(=O)C(=Cc1cc(N)c(F)c(F)c1OC[C@@H](C)OS(=O)(=O)c1ccc(C)cc1)C(=O)OCC. The highest BCUT2D eigenvalue weighted by atomic mass is 32.2. The fraction of sp³-hybridized carbons (Fsp3) is 0.333. The Balaban J connectivity index is 2.37. The molecule has 0 saturated carbocycles. The highest BCUT2D eigenvalue weighted by Crippen LogP contribution is 2.32. The topological polar surface area (TPSA) is 131 Å². The minimum Gasteiger partial charge on any atom is -0.487 e. The number of nitrogens with two attached hydrogens (primary N) is 1. The zero-order valence-electron chi connectivity index (χ0n) is 20.2. The van der Waals surface area contributed by atoms with E-state index in [2.05, 4.69) is 0 Å². The van der Waals surface area contributed by atoms with Crippen molar-refractivity contribution in [2.24, 2.45) is 0 Å². The first-order valence-corrected chi connectivity index (χ1v) is 12.3. The van der Waals surface area contributed by atoms with Crippen molar-refractivity contribution in [1.29, 1.82) is 0 Å². The summed E-state index contributed by atoms with van der Waals surface area (Å²) < 4.78 is 74.0. The average molecular weight is 528 g/mol. The van der Waals surface area contributed by atoms with Crippen LogP contribution in [0.1, 0.15) is 31.9 Å². The van der Waals surface area contributed by atoms with E-state index in [0.717, 1.165) is 17.7 Å². The molecule has 196 valence electrons. The van der Waals surface area contributed by atoms with Crippen molar-refractivity contribution in [3.8, 4) is 5.75 Å². The Morgan fingerprint density at radius 1 is 1.03 bits per heavy atom. The van der Waals surface area contributed by atoms with Gasteiger partial charge in [-0.25, -0.2) is 14.0 Å². The predicted molar refractivity (Wildman–Crippen MR) is 126 cm³/mol. The van der Waals surface area contributed by atoms with Crippen molar-refractivity contribution in [3.63, 3.8) is 0 Å². The number of nitrogen functional groups attached to an aromatic ring is 1. The number of carbonyl (C=O) groups excluding carboxylic acids is 2. The molecule has 2 rings (SSSR count). The molecule has 2 aromatic rings. The molecule has 0 bridgehead atoms. The molecule has 0 spiro atoms. The average Bonchev–Trinajstić information content (AvgIpc) is 2.80. The van der Waals surface area contributed by atoms with E-state index in [9.17, 15) is 26.8 Å². The lowest BCUT2D eigenvalue weighted by Gasteiger charge is -2.17. The number of rotatable bonds is 11. The van der Waals surface area contributed by atoms with Gasteiger partial charge >= 0.3 is 11.9 Å². The van der Waals surface area contributed by atoms with Gasteiger partial charge in [0.1, 0.15) is 18.3 Å². The fourth-order valence-electron chi connectivity index (χ4n) is 2.88. The van der Waals surface area contributed by atoms with E-state index >= 15 is 0 Å². The molecule has 2 aromatic carbocycles. The van der Waals surface area contributed by atoms with Crippen molar-refractivity contribution < 1.29 is 45.2 Å². The summed E-state index contributed by atoms with van der Waals surface area (Å²) in [6.07, 6.45) is -0.249. The second kappa shape index (κ2) is 12.5. The zero-order chi connectivity index (χ0) is 27.0. The van der Waals surface area contributed by atoms with Crippen LogP contribution >= 0.6 is 0 Å². The van der Waals surface area contributed by atoms with Gasteiger partial charge in [-0.1, -0.05) is 17.7 Å². The van der Waals surface area contributed by atoms with Gasteiger partial charge in [0.2, 0.25) is 5.82 Å². The molecular formula is C24H27F2NO8S. The molecule has 36 heavy (non-hydrogen) atoms. The maximum atomic E-state index is 14.8. The number of halogens is 2. The van der Waals surface area contributed by atoms with E-state index in [-0.39, 0.29) is 23.7 Å². The molecule has 0 aliphatic rings. The molecule has 0 fully saturated rings. The van der Waals surface area contributed by atoms with Crippen molar-refractivity contribution in [2.45, 2.75) is 38.7 Å². The Hall–Kier alpha value is -3.51. The van der Waals surface area contributed by atoms with Gasteiger partial charge in [-0.05, 0) is 52.0 Å². The molecule has 9 nitrogen and oxygen atoms in total. The molecule has 0 radical (unpaired) electrons. The first-order chi connectivity index (χ1) is 16.9. The molecule has 2 N–H and O–H groups in total. The third kappa shape index (κ3) is 7.25. The molecule has 0 heterocycles. The van der Waals surface area contributed by atoms with E-state index < -0.39 is 63.4 Å². The number of hydrogen-bond acceptors (Lipinski definition) is 9. The molecule has 0 unspecified atom stereocenters. The first-order valence-electron chi connectivity index (χ1n) is 10.9. The van der Waals surface area contributed by atoms with Crippen LogP contribution in [-0.2, 0) is 33.4 Å². The van der Waals surface area contributed by atoms with Crippen LogP contribution in [0.5, 0.6) is 5.75 Å². The predicted octanol–water partition coefficient (Wildman–Crippen LogP) is 3.54. The standard InChI is InChI=1S/C24H27F2NO8S/c1-5-32-23(28)18(24(29)33-6-2)11-16-12-19(27)20(25)21(26)22(16)34-13-15(4)35-36(30,31)17-9-7-14(3)8-10-17/h7-12,15H,5-6,13,27H2,1-4H3/t15-/m1/s1. The summed E-state index contributed by atoms with van der Waals surface area (Å²) in [4.78, 5) is 24.4. The van der Waals surface area contributed by atoms with Crippen LogP contribution in [-0.4, -0.2) is 46.3 Å². The van der Waals surface area contributed by atoms with Crippen LogP contribution in [0.3, 0.4) is 0 Å². The number of aryl methyl sites for hydroxylation is 1. The smallest absolute Gasteiger partial charge is 0.345 e. The van der Waals surface area contributed by atoms with Gasteiger partial charge in [-0.2, -0.15) is 12.8 Å². The lowest BCUT2D eigenvalue weighted by Crippen LogP contribution is -2.23. The van der Waals surface area contributed by atoms with E-state index in [1.165, 1.54) is 32.9 Å². The first kappa shape index (κ1) is 28.7. The van der Waals surface area contributed by atoms with Crippen molar-refractivity contribution in [1.82, 2.24) is 0 Å². The van der Waals surface area contributed by atoms with Gasteiger partial charge in [-0.15, -0.1) is 0 Å². The molecule has 0 aliphatic heterocycles. The zero-order valence-corrected chi connectivity index (χ0v) is 21.0. The summed E-state index contributed by atoms with van der Waals surface area (Å²) in [5, 5.41) is 0. The Kier molecular flexibility index (Phi) is 9.93. The highest BCUT2D eigenvalue weighted by molar-refractivity contribution is 7.86. The number of esters is 2. The lowest BCUT2D eigenvalue weighted by molar-refractivity contribution is -0.146. The van der Waals surface area contributed by atoms with E-state index in [1.807, 2.05) is 0 Å². The van der Waals surface area contributed by atoms with E-state index in [1.54, 1.807) is 19.1 Å². The summed E-state index contributed by atoms with van der Waals surface area (Å²) >= 11 is 0. The van der Waals surface area contributed by atoms with Gasteiger partial charge in [0.15, 0.2) is 11.6 Å². The van der Waals surface area contributed by atoms with Crippen molar-refractivity contribution >= 4 is 33.8 Å². The minimum absolute atomic E-state index is 0.0663. The van der Waals surface area contributed by atoms with Crippen LogP contribution < -0.4 is 10.5 Å². The maximum absolute atomic E-state index is 14.8. The number of hydrogen-bond donors (Lipinski definition) is 1. The molecule has 12 heteroatoms. The Labute approximate surface area is 207 Å². The molecular weight excluding hydrogens is 500 g/mol. The van der Waals surface area contributed by atoms with E-state index in [4.69, 9.17) is 24.1 Å². The summed E-state index contributed by atoms with van der Waals surface area (Å²) in [7, 11) is -4.17. The Morgan fingerprint density at radius 2 is 1.58 bits per heavy atom. The summed E-state index contributed by atoms with van der Waals surface area (Å²) in [6, 6.07) is 6.85. The number of anilines is 1. The van der Waals surface area contributed by atoms with Crippen LogP contribution in [0.25, 0.3) is 6.08 Å². The van der Waals surface area contributed by atoms with Crippen LogP contribution in [0.2, 0.25) is 0 Å². The third-order valence-electron chi connectivity index (χ3n) is 4.57. The van der Waals surface area contributed by atoms with Gasteiger partial charge in [-0.3, -0.25) is 4.18 Å². The molecule has 0 saturated heterocycles. The number of carbonyl (C=O) groups is 2. The maximum Gasteiger partial charge on any atom is 0.345 e. The second-order valence-corrected chi connectivity index (χ2v) is 9.07. The fourth-order valence-corrected chi connectivity index (χ4v) is 3.95. The summed E-state index contributed by atoms with van der Waals surface area (Å²) in [5.74, 6) is -5.80. The number of benzene rings is 2. The summed E-state index contributed by atoms with van der Waals surface area (Å²) in [5.41, 5.74) is 4.84. The van der Waals surface area contributed by atoms with Crippen LogP contribution in [0, 0.1) is 18.6 Å². The summed E-state index contributed by atoms with van der Waals surface area (Å²) in [6.45, 7) is 5.48. The van der Waals surface area contributed by atoms with Crippen molar-refractivity contribution in [2.75, 3.05) is 25.6 Å².